The minimum absolute atomic E-state index is 0.383. The average molecular weight is 225 g/mol. The molecule has 0 aliphatic heterocycles. The Kier molecular flexibility index (Phi) is 2.89. The van der Waals surface area contributed by atoms with E-state index in [9.17, 15) is 0 Å². The molecule has 2 N–H and O–H groups in total. The maximum absolute atomic E-state index is 5.85. The van der Waals surface area contributed by atoms with Crippen LogP contribution in [0.2, 0.25) is 5.02 Å². The van der Waals surface area contributed by atoms with E-state index in [2.05, 4.69) is 24.1 Å². The van der Waals surface area contributed by atoms with Gasteiger partial charge in [-0.3, -0.25) is 0 Å². The standard InChI is InChI=1S/C12H17ClN2/c1-15(9-12(8-14)6-7-12)11-4-2-10(13)3-5-11/h2-5H,6-9,14H2,1H3. The number of rotatable bonds is 4. The van der Waals surface area contributed by atoms with Crippen molar-refractivity contribution < 1.29 is 0 Å². The molecule has 0 unspecified atom stereocenters. The van der Waals surface area contributed by atoms with E-state index in [-0.39, 0.29) is 0 Å². The summed E-state index contributed by atoms with van der Waals surface area (Å²) in [6.07, 6.45) is 2.53. The fourth-order valence-electron chi connectivity index (χ4n) is 1.89. The van der Waals surface area contributed by atoms with Crippen molar-refractivity contribution >= 4 is 17.3 Å². The third kappa shape index (κ3) is 2.44. The second-order valence-electron chi connectivity index (χ2n) is 4.54. The normalized spacial score (nSPS) is 17.5. The van der Waals surface area contributed by atoms with Crippen molar-refractivity contribution in [1.82, 2.24) is 0 Å². The van der Waals surface area contributed by atoms with Crippen LogP contribution in [0.1, 0.15) is 12.8 Å². The van der Waals surface area contributed by atoms with Crippen LogP contribution < -0.4 is 10.6 Å². The highest BCUT2D eigenvalue weighted by Gasteiger charge is 2.41. The van der Waals surface area contributed by atoms with Gasteiger partial charge in [-0.05, 0) is 43.7 Å². The molecular formula is C12H17ClN2. The highest BCUT2D eigenvalue weighted by atomic mass is 35.5. The molecule has 1 saturated carbocycles. The molecule has 2 nitrogen and oxygen atoms in total. The number of nitrogens with two attached hydrogens (primary N) is 1. The summed E-state index contributed by atoms with van der Waals surface area (Å²) in [5, 5.41) is 0.784. The quantitative estimate of drug-likeness (QED) is 0.852. The van der Waals surface area contributed by atoms with Gasteiger partial charge in [-0.15, -0.1) is 0 Å². The van der Waals surface area contributed by atoms with Gasteiger partial charge in [0.2, 0.25) is 0 Å². The van der Waals surface area contributed by atoms with Crippen molar-refractivity contribution in [2.75, 3.05) is 25.0 Å². The lowest BCUT2D eigenvalue weighted by Gasteiger charge is -2.24. The Morgan fingerprint density at radius 3 is 2.40 bits per heavy atom. The first-order valence-electron chi connectivity index (χ1n) is 5.32. The van der Waals surface area contributed by atoms with Gasteiger partial charge in [0.25, 0.3) is 0 Å². The van der Waals surface area contributed by atoms with Crippen molar-refractivity contribution in [2.24, 2.45) is 11.1 Å². The summed E-state index contributed by atoms with van der Waals surface area (Å²) in [6.45, 7) is 1.84. The Balaban J connectivity index is 2.01. The molecular weight excluding hydrogens is 208 g/mol. The third-order valence-electron chi connectivity index (χ3n) is 3.23. The zero-order valence-electron chi connectivity index (χ0n) is 9.04. The maximum atomic E-state index is 5.85. The van der Waals surface area contributed by atoms with Gasteiger partial charge in [-0.25, -0.2) is 0 Å². The Labute approximate surface area is 96.0 Å². The molecule has 0 amide bonds. The predicted molar refractivity (Wildman–Crippen MR) is 65.4 cm³/mol. The topological polar surface area (TPSA) is 29.3 Å². The molecule has 3 heteroatoms. The van der Waals surface area contributed by atoms with Crippen LogP contribution in [0.25, 0.3) is 0 Å². The Morgan fingerprint density at radius 1 is 1.33 bits per heavy atom. The van der Waals surface area contributed by atoms with Crippen molar-refractivity contribution in [3.63, 3.8) is 0 Å². The van der Waals surface area contributed by atoms with E-state index in [0.29, 0.717) is 5.41 Å². The summed E-state index contributed by atoms with van der Waals surface area (Å²) in [4.78, 5) is 2.26. The Bertz CT molecular complexity index is 330. The predicted octanol–water partition coefficient (Wildman–Crippen LogP) is 2.52. The number of anilines is 1. The van der Waals surface area contributed by atoms with Crippen LogP contribution in [0.15, 0.2) is 24.3 Å². The van der Waals surface area contributed by atoms with Gasteiger partial charge in [-0.1, -0.05) is 11.6 Å². The molecule has 0 atom stereocenters. The molecule has 15 heavy (non-hydrogen) atoms. The number of halogens is 1. The van der Waals surface area contributed by atoms with E-state index in [4.69, 9.17) is 17.3 Å². The smallest absolute Gasteiger partial charge is 0.0407 e. The number of hydrogen-bond donors (Lipinski definition) is 1. The molecule has 0 radical (unpaired) electrons. The van der Waals surface area contributed by atoms with Crippen LogP contribution in [-0.2, 0) is 0 Å². The highest BCUT2D eigenvalue weighted by Crippen LogP contribution is 2.45. The molecule has 1 aromatic carbocycles. The molecule has 82 valence electrons. The van der Waals surface area contributed by atoms with Crippen molar-refractivity contribution in [3.8, 4) is 0 Å². The average Bonchev–Trinajstić information content (AvgIpc) is 2.99. The van der Waals surface area contributed by atoms with E-state index >= 15 is 0 Å². The van der Waals surface area contributed by atoms with Crippen molar-refractivity contribution in [3.05, 3.63) is 29.3 Å². The summed E-state index contributed by atoms with van der Waals surface area (Å²) in [5.74, 6) is 0. The molecule has 1 aromatic rings. The number of hydrogen-bond acceptors (Lipinski definition) is 2. The SMILES string of the molecule is CN(CC1(CN)CC1)c1ccc(Cl)cc1. The monoisotopic (exact) mass is 224 g/mol. The van der Waals surface area contributed by atoms with Gasteiger partial charge in [0.05, 0.1) is 0 Å². The van der Waals surface area contributed by atoms with Gasteiger partial charge in [0.15, 0.2) is 0 Å². The second kappa shape index (κ2) is 4.03. The number of nitrogens with zero attached hydrogens (tertiary/aromatic N) is 1. The molecule has 0 saturated heterocycles. The van der Waals surface area contributed by atoms with E-state index in [1.807, 2.05) is 12.1 Å². The van der Waals surface area contributed by atoms with Gasteiger partial charge in [-0.2, -0.15) is 0 Å². The molecule has 1 aliphatic rings. The van der Waals surface area contributed by atoms with Crippen LogP contribution >= 0.6 is 11.6 Å². The van der Waals surface area contributed by atoms with E-state index in [1.54, 1.807) is 0 Å². The lowest BCUT2D eigenvalue weighted by Crippen LogP contribution is -2.31. The van der Waals surface area contributed by atoms with Gasteiger partial charge < -0.3 is 10.6 Å². The summed E-state index contributed by atoms with van der Waals surface area (Å²) >= 11 is 5.85. The maximum Gasteiger partial charge on any atom is 0.0407 e. The lowest BCUT2D eigenvalue weighted by molar-refractivity contribution is 0.523. The molecule has 0 spiro atoms. The largest absolute Gasteiger partial charge is 0.374 e. The van der Waals surface area contributed by atoms with Crippen LogP contribution in [0.3, 0.4) is 0 Å². The molecule has 2 rings (SSSR count). The minimum atomic E-state index is 0.383. The molecule has 0 heterocycles. The minimum Gasteiger partial charge on any atom is -0.374 e. The summed E-state index contributed by atoms with van der Waals surface area (Å²) < 4.78 is 0. The highest BCUT2D eigenvalue weighted by molar-refractivity contribution is 6.30. The fraction of sp³-hybridized carbons (Fsp3) is 0.500. The van der Waals surface area contributed by atoms with Crippen molar-refractivity contribution in [1.29, 1.82) is 0 Å². The first-order chi connectivity index (χ1) is 7.15. The van der Waals surface area contributed by atoms with Gasteiger partial charge in [0, 0.05) is 29.7 Å². The first-order valence-corrected chi connectivity index (χ1v) is 5.70. The van der Waals surface area contributed by atoms with Gasteiger partial charge >= 0.3 is 0 Å². The zero-order chi connectivity index (χ0) is 10.9. The summed E-state index contributed by atoms with van der Waals surface area (Å²) in [6, 6.07) is 7.95. The first kappa shape index (κ1) is 10.8. The van der Waals surface area contributed by atoms with Crippen molar-refractivity contribution in [2.45, 2.75) is 12.8 Å². The van der Waals surface area contributed by atoms with E-state index in [0.717, 1.165) is 18.1 Å². The fourth-order valence-corrected chi connectivity index (χ4v) is 2.02. The second-order valence-corrected chi connectivity index (χ2v) is 4.97. The molecule has 0 aromatic heterocycles. The summed E-state index contributed by atoms with van der Waals surface area (Å²) in [5.41, 5.74) is 7.36. The van der Waals surface area contributed by atoms with E-state index in [1.165, 1.54) is 18.5 Å². The number of benzene rings is 1. The molecule has 0 bridgehead atoms. The van der Waals surface area contributed by atoms with Crippen LogP contribution in [0.4, 0.5) is 5.69 Å². The van der Waals surface area contributed by atoms with Crippen LogP contribution in [0, 0.1) is 5.41 Å². The molecule has 1 aliphatic carbocycles. The van der Waals surface area contributed by atoms with Crippen LogP contribution in [0.5, 0.6) is 0 Å². The van der Waals surface area contributed by atoms with E-state index < -0.39 is 0 Å². The lowest BCUT2D eigenvalue weighted by atomic mass is 10.1. The molecule has 1 fully saturated rings. The van der Waals surface area contributed by atoms with Crippen LogP contribution in [-0.4, -0.2) is 20.1 Å². The zero-order valence-corrected chi connectivity index (χ0v) is 9.80. The Hall–Kier alpha value is -0.730. The van der Waals surface area contributed by atoms with Gasteiger partial charge in [0.1, 0.15) is 0 Å². The summed E-state index contributed by atoms with van der Waals surface area (Å²) in [7, 11) is 2.11. The Morgan fingerprint density at radius 2 is 1.93 bits per heavy atom. The third-order valence-corrected chi connectivity index (χ3v) is 3.48.